The van der Waals surface area contributed by atoms with E-state index in [0.29, 0.717) is 27.8 Å². The van der Waals surface area contributed by atoms with Crippen molar-refractivity contribution in [1.29, 1.82) is 5.26 Å². The molecule has 2 aromatic rings. The first-order valence-corrected chi connectivity index (χ1v) is 9.86. The number of nitrogens with zero attached hydrogens (tertiary/aromatic N) is 1. The highest BCUT2D eigenvalue weighted by Crippen LogP contribution is 2.37. The van der Waals surface area contributed by atoms with E-state index in [1.807, 2.05) is 47.6 Å². The number of benzene rings is 2. The summed E-state index contributed by atoms with van der Waals surface area (Å²) in [6.45, 7) is 11.7. The number of rotatable bonds is 6. The Balaban J connectivity index is 2.39. The van der Waals surface area contributed by atoms with Crippen molar-refractivity contribution in [2.45, 2.75) is 65.2 Å². The summed E-state index contributed by atoms with van der Waals surface area (Å²) in [5.41, 5.74) is 1.90. The van der Waals surface area contributed by atoms with Crippen molar-refractivity contribution in [3.63, 3.8) is 0 Å². The van der Waals surface area contributed by atoms with Crippen molar-refractivity contribution >= 4 is 11.6 Å². The molecule has 5 nitrogen and oxygen atoms in total. The Hall–Kier alpha value is -2.97. The molecule has 0 spiro atoms. The molecule has 0 heterocycles. The van der Waals surface area contributed by atoms with Crippen LogP contribution in [0.2, 0.25) is 0 Å². The Bertz CT molecular complexity index is 949. The Morgan fingerprint density at radius 2 is 1.53 bits per heavy atom. The molecule has 156 valence electrons. The lowest BCUT2D eigenvalue weighted by Crippen LogP contribution is -2.24. The first-order valence-electron chi connectivity index (χ1n) is 9.86. The minimum atomic E-state index is -0.448. The molecule has 2 radical (unpaired) electrons. The molecule has 0 fully saturated rings. The molecular formula is C25H27NO4. The van der Waals surface area contributed by atoms with Gasteiger partial charge in [0.05, 0.1) is 11.6 Å². The van der Waals surface area contributed by atoms with E-state index in [1.165, 1.54) is 0 Å². The molecular weight excluding hydrogens is 378 g/mol. The highest BCUT2D eigenvalue weighted by atomic mass is 17.1. The van der Waals surface area contributed by atoms with E-state index in [2.05, 4.69) is 11.0 Å². The van der Waals surface area contributed by atoms with Crippen LogP contribution < -0.4 is 4.89 Å². The number of Topliss-reactive ketones (excluding diaryl/α,β-unsaturated/α-hetero) is 2. The van der Waals surface area contributed by atoms with E-state index in [9.17, 15) is 14.8 Å². The Morgan fingerprint density at radius 3 is 2.00 bits per heavy atom. The minimum Gasteiger partial charge on any atom is -0.305 e. The molecule has 2 rings (SSSR count). The van der Waals surface area contributed by atoms with Gasteiger partial charge in [-0.1, -0.05) is 53.7 Å². The molecule has 0 atom stereocenters. The monoisotopic (exact) mass is 405 g/mol. The van der Waals surface area contributed by atoms with Crippen LogP contribution in [0.15, 0.2) is 30.3 Å². The fourth-order valence-electron chi connectivity index (χ4n) is 3.28. The number of ketones is 2. The summed E-state index contributed by atoms with van der Waals surface area (Å²) < 4.78 is 0. The average molecular weight is 405 g/mol. The van der Waals surface area contributed by atoms with Crippen LogP contribution in [0.5, 0.6) is 5.75 Å². The van der Waals surface area contributed by atoms with Gasteiger partial charge in [-0.25, -0.2) is 0 Å². The van der Waals surface area contributed by atoms with Crippen LogP contribution in [0.3, 0.4) is 0 Å². The summed E-state index contributed by atoms with van der Waals surface area (Å²) >= 11 is 0. The van der Waals surface area contributed by atoms with Gasteiger partial charge < -0.3 is 4.89 Å². The maximum absolute atomic E-state index is 13.3. The number of hydrogen-bond donors (Lipinski definition) is 0. The third kappa shape index (κ3) is 5.34. The van der Waals surface area contributed by atoms with Crippen LogP contribution >= 0.6 is 0 Å². The number of carbonyl (C=O) groups is 2. The standard InChI is InChI=1S/C25H27NO4/c1-24(2,3)19-13-18(30-29)14-20(25(4,5)6)23(19)22(28)12-11-21(27)17-9-7-16(15-26)8-10-17/h7-10,13H,11-12H2,1-6H3. The van der Waals surface area contributed by atoms with Crippen molar-refractivity contribution in [1.82, 2.24) is 0 Å². The van der Waals surface area contributed by atoms with E-state index in [1.54, 1.807) is 30.3 Å². The van der Waals surface area contributed by atoms with Gasteiger partial charge in [-0.2, -0.15) is 5.26 Å². The first kappa shape index (κ1) is 23.3. The van der Waals surface area contributed by atoms with Gasteiger partial charge in [0.1, 0.15) is 0 Å². The van der Waals surface area contributed by atoms with Gasteiger partial charge in [0, 0.05) is 35.3 Å². The second-order valence-electron chi connectivity index (χ2n) is 9.42. The van der Waals surface area contributed by atoms with Gasteiger partial charge in [0.2, 0.25) is 0 Å². The zero-order valence-electron chi connectivity index (χ0n) is 18.4. The topological polar surface area (TPSA) is 87.1 Å². The maximum atomic E-state index is 13.3. The second kappa shape index (κ2) is 8.81. The van der Waals surface area contributed by atoms with Crippen LogP contribution in [0.25, 0.3) is 0 Å². The summed E-state index contributed by atoms with van der Waals surface area (Å²) in [5.74, 6) is -0.276. The van der Waals surface area contributed by atoms with Crippen LogP contribution in [0.4, 0.5) is 0 Å². The molecule has 2 aromatic carbocycles. The van der Waals surface area contributed by atoms with E-state index in [4.69, 9.17) is 5.26 Å². The summed E-state index contributed by atoms with van der Waals surface area (Å²) in [4.78, 5) is 30.0. The third-order valence-corrected chi connectivity index (χ3v) is 4.88. The van der Waals surface area contributed by atoms with Gasteiger partial charge in [-0.05, 0) is 40.2 Å². The lowest BCUT2D eigenvalue weighted by molar-refractivity contribution is -0.208. The van der Waals surface area contributed by atoms with Crippen molar-refractivity contribution in [2.75, 3.05) is 0 Å². The molecule has 0 aliphatic carbocycles. The first-order chi connectivity index (χ1) is 13.9. The lowest BCUT2D eigenvalue weighted by atomic mass is 9.74. The van der Waals surface area contributed by atoms with Crippen molar-refractivity contribution in [3.8, 4) is 11.8 Å². The molecule has 0 saturated heterocycles. The largest absolute Gasteiger partial charge is 0.305 e. The van der Waals surface area contributed by atoms with Crippen molar-refractivity contribution in [3.05, 3.63) is 64.2 Å². The molecule has 0 aromatic heterocycles. The van der Waals surface area contributed by atoms with Gasteiger partial charge in [-0.15, -0.1) is 0 Å². The fraction of sp³-hybridized carbons (Fsp3) is 0.400. The molecule has 30 heavy (non-hydrogen) atoms. The van der Waals surface area contributed by atoms with Gasteiger partial charge in [0.15, 0.2) is 17.3 Å². The molecule has 0 bridgehead atoms. The molecule has 0 unspecified atom stereocenters. The number of nitriles is 1. The van der Waals surface area contributed by atoms with Gasteiger partial charge in [0.25, 0.3) is 0 Å². The molecule has 0 saturated carbocycles. The second-order valence-corrected chi connectivity index (χ2v) is 9.42. The normalized spacial score (nSPS) is 11.7. The SMILES string of the molecule is CC(C)(C)c1[c]c(O[O])cc(C(C)(C)C)c1C(=O)CCC(=O)c1ccc(C#N)cc1. The zero-order chi connectivity index (χ0) is 22.7. The van der Waals surface area contributed by atoms with E-state index in [-0.39, 0.29) is 30.2 Å². The fourth-order valence-corrected chi connectivity index (χ4v) is 3.28. The number of carbonyl (C=O) groups excluding carboxylic acids is 2. The highest BCUT2D eigenvalue weighted by Gasteiger charge is 2.31. The maximum Gasteiger partial charge on any atom is 0.177 e. The smallest absolute Gasteiger partial charge is 0.177 e. The molecule has 5 heteroatoms. The van der Waals surface area contributed by atoms with E-state index < -0.39 is 10.8 Å². The molecule has 0 N–H and O–H groups in total. The van der Waals surface area contributed by atoms with E-state index >= 15 is 0 Å². The predicted octanol–water partition coefficient (Wildman–Crippen LogP) is 5.52. The summed E-state index contributed by atoms with van der Waals surface area (Å²) in [6, 6.07) is 12.9. The quantitative estimate of drug-likeness (QED) is 0.359. The highest BCUT2D eigenvalue weighted by molar-refractivity contribution is 6.04. The average Bonchev–Trinajstić information content (AvgIpc) is 2.69. The Labute approximate surface area is 178 Å². The number of hydrogen-bond acceptors (Lipinski definition) is 4. The summed E-state index contributed by atoms with van der Waals surface area (Å²) in [6.07, 6.45) is 0.0914. The van der Waals surface area contributed by atoms with Crippen molar-refractivity contribution < 1.29 is 19.7 Å². The van der Waals surface area contributed by atoms with Gasteiger partial charge >= 0.3 is 0 Å². The lowest BCUT2D eigenvalue weighted by Gasteiger charge is -2.29. The van der Waals surface area contributed by atoms with Crippen LogP contribution in [-0.4, -0.2) is 11.6 Å². The Morgan fingerprint density at radius 1 is 0.967 bits per heavy atom. The summed E-state index contributed by atoms with van der Waals surface area (Å²) in [7, 11) is 0. The predicted molar refractivity (Wildman–Crippen MR) is 113 cm³/mol. The summed E-state index contributed by atoms with van der Waals surface area (Å²) in [5, 5.41) is 20.0. The van der Waals surface area contributed by atoms with Crippen molar-refractivity contribution in [2.24, 2.45) is 0 Å². The zero-order valence-corrected chi connectivity index (χ0v) is 18.4. The van der Waals surface area contributed by atoms with Crippen LogP contribution in [-0.2, 0) is 16.1 Å². The Kier molecular flexibility index (Phi) is 6.84. The molecule has 0 aliphatic rings. The van der Waals surface area contributed by atoms with Crippen LogP contribution in [0, 0.1) is 17.4 Å². The minimum absolute atomic E-state index is 0.0381. The molecule has 0 aliphatic heterocycles. The van der Waals surface area contributed by atoms with Gasteiger partial charge in [-0.3, -0.25) is 9.59 Å². The molecule has 0 amide bonds. The van der Waals surface area contributed by atoms with E-state index in [0.717, 1.165) is 0 Å². The third-order valence-electron chi connectivity index (χ3n) is 4.88. The van der Waals surface area contributed by atoms with Crippen LogP contribution in [0.1, 0.15) is 91.8 Å².